The smallest absolute Gasteiger partial charge is 0.345 e. The number of nitrogens with one attached hydrogen (secondary N) is 1. The van der Waals surface area contributed by atoms with Gasteiger partial charge in [0, 0.05) is 11.5 Å². The molecular weight excluding hydrogens is 444 g/mol. The van der Waals surface area contributed by atoms with Gasteiger partial charge in [-0.25, -0.2) is 18.0 Å². The average molecular weight is 465 g/mol. The highest BCUT2D eigenvalue weighted by Gasteiger charge is 2.72. The number of hydrogen-bond donors (Lipinski definition) is 2. The second kappa shape index (κ2) is 7.51. The van der Waals surface area contributed by atoms with Crippen LogP contribution in [0.1, 0.15) is 20.8 Å². The zero-order valence-corrected chi connectivity index (χ0v) is 18.3. The number of sulfone groups is 1. The van der Waals surface area contributed by atoms with E-state index in [9.17, 15) is 32.7 Å². The molecule has 0 aromatic heterocycles. The van der Waals surface area contributed by atoms with Gasteiger partial charge < -0.3 is 20.1 Å². The Morgan fingerprint density at radius 2 is 1.86 bits per heavy atom. The van der Waals surface area contributed by atoms with Gasteiger partial charge in [-0.2, -0.15) is 0 Å². The molecule has 13 heteroatoms. The van der Waals surface area contributed by atoms with Gasteiger partial charge in [-0.05, 0) is 20.8 Å². The second-order valence-corrected chi connectivity index (χ2v) is 12.2. The molecule has 3 atom stereocenters. The highest BCUT2D eigenvalue weighted by Crippen LogP contribution is 2.46. The van der Waals surface area contributed by atoms with Crippen molar-refractivity contribution < 1.29 is 37.4 Å². The van der Waals surface area contributed by atoms with Crippen molar-refractivity contribution in [3.05, 3.63) is 9.81 Å². The van der Waals surface area contributed by atoms with E-state index in [1.807, 2.05) is 0 Å². The molecule has 0 bridgehead atoms. The van der Waals surface area contributed by atoms with E-state index in [2.05, 4.69) is 5.32 Å². The maximum absolute atomic E-state index is 12.9. The third-order valence-corrected chi connectivity index (χ3v) is 10.6. The predicted octanol–water partition coefficient (Wildman–Crippen LogP) is -0.446. The van der Waals surface area contributed by atoms with E-state index in [-0.39, 0.29) is 12.2 Å². The van der Waals surface area contributed by atoms with E-state index in [1.54, 1.807) is 6.92 Å². The summed E-state index contributed by atoms with van der Waals surface area (Å²) in [6.07, 6.45) is 0. The summed E-state index contributed by atoms with van der Waals surface area (Å²) in [6.45, 7) is 4.10. The van der Waals surface area contributed by atoms with Crippen molar-refractivity contribution >= 4 is 57.1 Å². The van der Waals surface area contributed by atoms with Crippen LogP contribution in [0, 0.1) is 0 Å². The Bertz CT molecular complexity index is 918. The van der Waals surface area contributed by atoms with Gasteiger partial charge in [-0.1, -0.05) is 0 Å². The van der Waals surface area contributed by atoms with Crippen molar-refractivity contribution in [1.29, 1.82) is 0 Å². The van der Waals surface area contributed by atoms with Crippen LogP contribution < -0.4 is 5.32 Å². The maximum Gasteiger partial charge on any atom is 0.345 e. The highest BCUT2D eigenvalue weighted by molar-refractivity contribution is 8.25. The topological polar surface area (TPSA) is 147 Å². The fourth-order valence-corrected chi connectivity index (χ4v) is 8.31. The summed E-state index contributed by atoms with van der Waals surface area (Å²) >= 11 is 2.60. The molecule has 3 heterocycles. The van der Waals surface area contributed by atoms with E-state index >= 15 is 0 Å². The number of thioether (sulfide) groups is 2. The molecule has 1 unspecified atom stereocenters. The van der Waals surface area contributed by atoms with Crippen LogP contribution in [0.4, 0.5) is 0 Å². The summed E-state index contributed by atoms with van der Waals surface area (Å²) in [5.74, 6) is -2.64. The Labute approximate surface area is 175 Å². The number of carboxylic acids is 1. The summed E-state index contributed by atoms with van der Waals surface area (Å²) < 4.78 is 29.4. The lowest BCUT2D eigenvalue weighted by Gasteiger charge is -2.42. The number of nitrogens with zero attached hydrogens (tertiary/aromatic N) is 1. The lowest BCUT2D eigenvalue weighted by molar-refractivity contribution is -0.161. The SMILES string of the molecule is CCOC(=O)C(C(=O)N[C@@H]1C(=O)N2C(C(=O)O)C(C)(C)S(=O)(=O)[C@@H]12)=C1SCCS1. The number of ether oxygens (including phenoxy) is 1. The van der Waals surface area contributed by atoms with Crippen LogP contribution in [0.2, 0.25) is 0 Å². The normalized spacial score (nSPS) is 29.1. The summed E-state index contributed by atoms with van der Waals surface area (Å²) in [5.41, 5.74) is -0.268. The first-order valence-electron chi connectivity index (χ1n) is 8.73. The fraction of sp³-hybridized carbons (Fsp3) is 0.625. The van der Waals surface area contributed by atoms with Crippen LogP contribution in [0.25, 0.3) is 0 Å². The van der Waals surface area contributed by atoms with E-state index < -0.39 is 55.8 Å². The first-order valence-corrected chi connectivity index (χ1v) is 12.2. The Morgan fingerprint density at radius 1 is 1.28 bits per heavy atom. The predicted molar refractivity (Wildman–Crippen MR) is 106 cm³/mol. The van der Waals surface area contributed by atoms with Crippen molar-refractivity contribution in [2.45, 2.75) is 43.0 Å². The molecule has 2 amide bonds. The lowest BCUT2D eigenvalue weighted by Crippen LogP contribution is -2.72. The second-order valence-electron chi connectivity index (χ2n) is 7.06. The Balaban J connectivity index is 1.90. The summed E-state index contributed by atoms with van der Waals surface area (Å²) in [4.78, 5) is 50.0. The van der Waals surface area contributed by atoms with Crippen LogP contribution in [0.3, 0.4) is 0 Å². The Kier molecular flexibility index (Phi) is 5.69. The van der Waals surface area contributed by atoms with Crippen LogP contribution in [-0.4, -0.2) is 82.5 Å². The molecule has 2 N–H and O–H groups in total. The average Bonchev–Trinajstić information content (AvgIpc) is 3.17. The molecule has 160 valence electrons. The van der Waals surface area contributed by atoms with E-state index in [1.165, 1.54) is 37.4 Å². The minimum atomic E-state index is -4.10. The van der Waals surface area contributed by atoms with Gasteiger partial charge in [0.05, 0.1) is 10.8 Å². The fourth-order valence-electron chi connectivity index (χ4n) is 3.58. The molecule has 10 nitrogen and oxygen atoms in total. The molecule has 3 rings (SSSR count). The van der Waals surface area contributed by atoms with Crippen LogP contribution in [0.5, 0.6) is 0 Å². The number of fused-ring (bicyclic) bond motifs is 1. The van der Waals surface area contributed by atoms with Gasteiger partial charge in [-0.3, -0.25) is 9.59 Å². The Morgan fingerprint density at radius 3 is 2.38 bits per heavy atom. The van der Waals surface area contributed by atoms with Crippen molar-refractivity contribution in [3.8, 4) is 0 Å². The van der Waals surface area contributed by atoms with Crippen LogP contribution in [0.15, 0.2) is 9.81 Å². The van der Waals surface area contributed by atoms with Crippen molar-refractivity contribution in [2.75, 3.05) is 18.1 Å². The minimum Gasteiger partial charge on any atom is -0.480 e. The molecule has 0 aromatic rings. The largest absolute Gasteiger partial charge is 0.480 e. The zero-order valence-electron chi connectivity index (χ0n) is 15.8. The number of esters is 1. The van der Waals surface area contributed by atoms with Crippen LogP contribution in [-0.2, 0) is 33.8 Å². The Hall–Kier alpha value is -1.73. The van der Waals surface area contributed by atoms with E-state index in [0.717, 1.165) is 4.90 Å². The van der Waals surface area contributed by atoms with Crippen molar-refractivity contribution in [2.24, 2.45) is 0 Å². The first-order chi connectivity index (χ1) is 13.5. The molecule has 0 aliphatic carbocycles. The van der Waals surface area contributed by atoms with Crippen molar-refractivity contribution in [1.82, 2.24) is 10.2 Å². The summed E-state index contributed by atoms with van der Waals surface area (Å²) in [7, 11) is -4.10. The molecule has 3 fully saturated rings. The number of aliphatic carboxylic acids is 1. The van der Waals surface area contributed by atoms with E-state index in [4.69, 9.17) is 4.74 Å². The minimum absolute atomic E-state index is 0.0415. The number of carbonyl (C=O) groups is 4. The molecule has 3 aliphatic heterocycles. The molecule has 0 aromatic carbocycles. The summed E-state index contributed by atoms with van der Waals surface area (Å²) in [6, 6.07) is -3.01. The van der Waals surface area contributed by atoms with E-state index in [0.29, 0.717) is 15.7 Å². The first kappa shape index (κ1) is 22.0. The standard InChI is InChI=1S/C16H20N2O8S3/c1-4-26-14(23)7(15-27-5-6-28-15)10(19)17-8-11(20)18-9(13(21)22)16(2,3)29(24,25)12(8)18/h8-9,12H,4-6H2,1-3H3,(H,17,19)(H,21,22)/t8-,9?,12+/m1/s1. The zero-order chi connectivity index (χ0) is 21.7. The van der Waals surface area contributed by atoms with Gasteiger partial charge in [0.1, 0.15) is 22.4 Å². The molecular formula is C16H20N2O8S3. The molecule has 29 heavy (non-hydrogen) atoms. The number of rotatable bonds is 5. The van der Waals surface area contributed by atoms with Gasteiger partial charge in [0.2, 0.25) is 5.91 Å². The quantitative estimate of drug-likeness (QED) is 0.180. The van der Waals surface area contributed by atoms with Gasteiger partial charge in [0.15, 0.2) is 15.2 Å². The van der Waals surface area contributed by atoms with Crippen LogP contribution >= 0.6 is 23.5 Å². The monoisotopic (exact) mass is 464 g/mol. The molecule has 0 radical (unpaired) electrons. The maximum atomic E-state index is 12.9. The number of β-lactam (4-membered cyclic amide) rings is 1. The van der Waals surface area contributed by atoms with Gasteiger partial charge in [-0.15, -0.1) is 23.5 Å². The number of amides is 2. The molecule has 0 saturated carbocycles. The van der Waals surface area contributed by atoms with Gasteiger partial charge in [0.25, 0.3) is 5.91 Å². The molecule has 3 aliphatic rings. The highest BCUT2D eigenvalue weighted by atomic mass is 32.2. The lowest BCUT2D eigenvalue weighted by atomic mass is 9.96. The number of hydrogen-bond acceptors (Lipinski definition) is 9. The molecule has 0 spiro atoms. The number of carbonyl (C=O) groups excluding carboxylic acids is 3. The summed E-state index contributed by atoms with van der Waals surface area (Å²) in [5, 5.41) is 10.3. The number of carboxylic acid groups (broad SMARTS) is 1. The van der Waals surface area contributed by atoms with Gasteiger partial charge >= 0.3 is 11.9 Å². The third kappa shape index (κ3) is 3.22. The third-order valence-electron chi connectivity index (χ3n) is 5.05. The molecule has 3 saturated heterocycles. The van der Waals surface area contributed by atoms with Crippen molar-refractivity contribution in [3.63, 3.8) is 0 Å².